The highest BCUT2D eigenvalue weighted by Gasteiger charge is 2.33. The number of hydrogen-bond acceptors (Lipinski definition) is 4. The van der Waals surface area contributed by atoms with E-state index in [1.807, 2.05) is 0 Å². The minimum atomic E-state index is -0.994. The second-order valence-electron chi connectivity index (χ2n) is 5.13. The zero-order valence-electron chi connectivity index (χ0n) is 11.2. The first kappa shape index (κ1) is 14.5. The van der Waals surface area contributed by atoms with Gasteiger partial charge in [-0.15, -0.1) is 0 Å². The standard InChI is InChI=1S/C13H18N2O5/c16-10-4-5-11(17)15(10)8-6-12(18)14-7-2-1-3-9(14)13(19)20/h9H,1-8H2,(H,19,20)/t9-/m1/s1. The molecule has 2 fully saturated rings. The van der Waals surface area contributed by atoms with E-state index in [0.29, 0.717) is 13.0 Å². The first-order valence-electron chi connectivity index (χ1n) is 6.86. The molecule has 0 aromatic carbocycles. The van der Waals surface area contributed by atoms with Crippen molar-refractivity contribution in [2.24, 2.45) is 0 Å². The highest BCUT2D eigenvalue weighted by molar-refractivity contribution is 6.02. The highest BCUT2D eigenvalue weighted by Crippen LogP contribution is 2.19. The maximum atomic E-state index is 12.1. The minimum absolute atomic E-state index is 0.00125. The minimum Gasteiger partial charge on any atom is -0.480 e. The molecule has 7 nitrogen and oxygen atoms in total. The number of imide groups is 1. The smallest absolute Gasteiger partial charge is 0.326 e. The molecule has 0 bridgehead atoms. The summed E-state index contributed by atoms with van der Waals surface area (Å²) in [7, 11) is 0. The summed E-state index contributed by atoms with van der Waals surface area (Å²) in [6.45, 7) is 0.483. The predicted molar refractivity (Wildman–Crippen MR) is 67.6 cm³/mol. The van der Waals surface area contributed by atoms with Crippen molar-refractivity contribution in [1.82, 2.24) is 9.80 Å². The van der Waals surface area contributed by atoms with Gasteiger partial charge in [-0.1, -0.05) is 0 Å². The Bertz CT molecular complexity index is 432. The average molecular weight is 282 g/mol. The molecule has 1 N–H and O–H groups in total. The fraction of sp³-hybridized carbons (Fsp3) is 0.692. The van der Waals surface area contributed by atoms with E-state index in [4.69, 9.17) is 5.11 Å². The van der Waals surface area contributed by atoms with Crippen LogP contribution in [-0.4, -0.2) is 57.7 Å². The Kier molecular flexibility index (Phi) is 4.36. The Labute approximate surface area is 116 Å². The highest BCUT2D eigenvalue weighted by atomic mass is 16.4. The Balaban J connectivity index is 1.92. The van der Waals surface area contributed by atoms with Gasteiger partial charge in [-0.05, 0) is 19.3 Å². The van der Waals surface area contributed by atoms with E-state index in [9.17, 15) is 19.2 Å². The Morgan fingerprint density at radius 3 is 2.40 bits per heavy atom. The molecule has 1 atom stereocenters. The predicted octanol–water partition coefficient (Wildman–Crippen LogP) is -0.00880. The summed E-state index contributed by atoms with van der Waals surface area (Å²) in [6, 6.07) is -0.777. The molecular weight excluding hydrogens is 264 g/mol. The molecule has 0 aromatic heterocycles. The topological polar surface area (TPSA) is 95.0 Å². The zero-order valence-corrected chi connectivity index (χ0v) is 11.2. The van der Waals surface area contributed by atoms with Crippen molar-refractivity contribution in [1.29, 1.82) is 0 Å². The number of nitrogens with zero attached hydrogens (tertiary/aromatic N) is 2. The number of carboxylic acids is 1. The number of aliphatic carboxylic acids is 1. The molecule has 2 aliphatic rings. The molecule has 20 heavy (non-hydrogen) atoms. The van der Waals surface area contributed by atoms with Crippen LogP contribution in [0.4, 0.5) is 0 Å². The van der Waals surface area contributed by atoms with Crippen LogP contribution < -0.4 is 0 Å². The lowest BCUT2D eigenvalue weighted by molar-refractivity contribution is -0.152. The largest absolute Gasteiger partial charge is 0.480 e. The van der Waals surface area contributed by atoms with E-state index in [-0.39, 0.29) is 43.5 Å². The summed E-state index contributed by atoms with van der Waals surface area (Å²) >= 11 is 0. The molecule has 0 spiro atoms. The van der Waals surface area contributed by atoms with Crippen molar-refractivity contribution in [3.63, 3.8) is 0 Å². The molecule has 2 saturated heterocycles. The van der Waals surface area contributed by atoms with Gasteiger partial charge in [0.15, 0.2) is 0 Å². The third-order valence-electron chi connectivity index (χ3n) is 3.81. The second-order valence-corrected chi connectivity index (χ2v) is 5.13. The molecule has 2 rings (SSSR count). The maximum Gasteiger partial charge on any atom is 0.326 e. The van der Waals surface area contributed by atoms with E-state index in [2.05, 4.69) is 0 Å². The number of hydrogen-bond donors (Lipinski definition) is 1. The van der Waals surface area contributed by atoms with Crippen LogP contribution in [0, 0.1) is 0 Å². The average Bonchev–Trinajstić information content (AvgIpc) is 2.75. The molecule has 2 heterocycles. The Morgan fingerprint density at radius 2 is 1.80 bits per heavy atom. The molecule has 3 amide bonds. The lowest BCUT2D eigenvalue weighted by Gasteiger charge is -2.33. The quantitative estimate of drug-likeness (QED) is 0.732. The number of likely N-dealkylation sites (tertiary alicyclic amines) is 2. The molecule has 0 aliphatic carbocycles. The number of carboxylic acid groups (broad SMARTS) is 1. The molecule has 0 unspecified atom stereocenters. The van der Waals surface area contributed by atoms with Crippen LogP contribution >= 0.6 is 0 Å². The second kappa shape index (κ2) is 6.02. The summed E-state index contributed by atoms with van der Waals surface area (Å²) in [6.07, 6.45) is 2.45. The maximum absolute atomic E-state index is 12.1. The Hall–Kier alpha value is -1.92. The lowest BCUT2D eigenvalue weighted by atomic mass is 10.0. The van der Waals surface area contributed by atoms with Gasteiger partial charge in [0.2, 0.25) is 17.7 Å². The van der Waals surface area contributed by atoms with Gasteiger partial charge in [0.05, 0.1) is 0 Å². The van der Waals surface area contributed by atoms with Crippen molar-refractivity contribution < 1.29 is 24.3 Å². The van der Waals surface area contributed by atoms with E-state index in [1.165, 1.54) is 4.90 Å². The Morgan fingerprint density at radius 1 is 1.15 bits per heavy atom. The van der Waals surface area contributed by atoms with Crippen molar-refractivity contribution in [3.05, 3.63) is 0 Å². The first-order chi connectivity index (χ1) is 9.50. The fourth-order valence-electron chi connectivity index (χ4n) is 2.71. The van der Waals surface area contributed by atoms with E-state index >= 15 is 0 Å². The molecule has 7 heteroatoms. The van der Waals surface area contributed by atoms with Crippen molar-refractivity contribution in [3.8, 4) is 0 Å². The number of carbonyl (C=O) groups excluding carboxylic acids is 3. The molecular formula is C13H18N2O5. The normalized spacial score (nSPS) is 23.3. The number of carbonyl (C=O) groups is 4. The van der Waals surface area contributed by atoms with Gasteiger partial charge in [-0.3, -0.25) is 19.3 Å². The van der Waals surface area contributed by atoms with Crippen LogP contribution in [0.2, 0.25) is 0 Å². The van der Waals surface area contributed by atoms with Crippen LogP contribution in [0.1, 0.15) is 38.5 Å². The van der Waals surface area contributed by atoms with Gasteiger partial charge in [-0.2, -0.15) is 0 Å². The van der Waals surface area contributed by atoms with Gasteiger partial charge in [0.1, 0.15) is 6.04 Å². The summed E-state index contributed by atoms with van der Waals surface area (Å²) in [5.74, 6) is -1.80. The SMILES string of the molecule is O=C(O)[C@H]1CCCCN1C(=O)CCN1C(=O)CCC1=O. The van der Waals surface area contributed by atoms with Crippen LogP contribution in [0.3, 0.4) is 0 Å². The molecule has 2 aliphatic heterocycles. The molecule has 0 aromatic rings. The van der Waals surface area contributed by atoms with Crippen molar-refractivity contribution >= 4 is 23.7 Å². The first-order valence-corrected chi connectivity index (χ1v) is 6.86. The summed E-state index contributed by atoms with van der Waals surface area (Å²) in [5, 5.41) is 9.11. The van der Waals surface area contributed by atoms with Gasteiger partial charge in [-0.25, -0.2) is 4.79 Å². The molecule has 110 valence electrons. The summed E-state index contributed by atoms with van der Waals surface area (Å²) in [5.41, 5.74) is 0. The van der Waals surface area contributed by atoms with E-state index in [0.717, 1.165) is 17.7 Å². The third-order valence-corrected chi connectivity index (χ3v) is 3.81. The van der Waals surface area contributed by atoms with Crippen LogP contribution in [0.5, 0.6) is 0 Å². The van der Waals surface area contributed by atoms with Crippen molar-refractivity contribution in [2.45, 2.75) is 44.6 Å². The summed E-state index contributed by atoms with van der Waals surface area (Å²) in [4.78, 5) is 48.5. The van der Waals surface area contributed by atoms with Gasteiger partial charge >= 0.3 is 5.97 Å². The van der Waals surface area contributed by atoms with Crippen molar-refractivity contribution in [2.75, 3.05) is 13.1 Å². The van der Waals surface area contributed by atoms with Crippen LogP contribution in [-0.2, 0) is 19.2 Å². The van der Waals surface area contributed by atoms with E-state index < -0.39 is 12.0 Å². The van der Waals surface area contributed by atoms with Gasteiger partial charge in [0, 0.05) is 32.4 Å². The third kappa shape index (κ3) is 2.97. The van der Waals surface area contributed by atoms with Crippen LogP contribution in [0.15, 0.2) is 0 Å². The zero-order chi connectivity index (χ0) is 14.7. The monoisotopic (exact) mass is 282 g/mol. The number of amides is 3. The molecule has 0 saturated carbocycles. The van der Waals surface area contributed by atoms with Crippen LogP contribution in [0.25, 0.3) is 0 Å². The fourth-order valence-corrected chi connectivity index (χ4v) is 2.71. The lowest BCUT2D eigenvalue weighted by Crippen LogP contribution is -2.48. The van der Waals surface area contributed by atoms with Gasteiger partial charge < -0.3 is 10.0 Å². The van der Waals surface area contributed by atoms with Gasteiger partial charge in [0.25, 0.3) is 0 Å². The molecule has 0 radical (unpaired) electrons. The summed E-state index contributed by atoms with van der Waals surface area (Å²) < 4.78 is 0. The van der Waals surface area contributed by atoms with E-state index in [1.54, 1.807) is 0 Å². The number of piperidine rings is 1. The number of rotatable bonds is 4.